The summed E-state index contributed by atoms with van der Waals surface area (Å²) in [4.78, 5) is 4.56. The Morgan fingerprint density at radius 1 is 1.45 bits per heavy atom. The van der Waals surface area contributed by atoms with Gasteiger partial charge in [0.15, 0.2) is 0 Å². The molecule has 1 unspecified atom stereocenters. The molecule has 1 aliphatic heterocycles. The van der Waals surface area contributed by atoms with Crippen LogP contribution in [0.2, 0.25) is 5.02 Å². The van der Waals surface area contributed by atoms with E-state index in [4.69, 9.17) is 20.9 Å². The maximum absolute atomic E-state index is 6.10. The molecule has 118 valence electrons. The van der Waals surface area contributed by atoms with Crippen LogP contribution in [0.4, 0.5) is 0 Å². The third-order valence-electron chi connectivity index (χ3n) is 3.73. The molecule has 1 fully saturated rings. The van der Waals surface area contributed by atoms with E-state index >= 15 is 0 Å². The first-order valence-electron chi connectivity index (χ1n) is 7.75. The van der Waals surface area contributed by atoms with Crippen molar-refractivity contribution in [3.63, 3.8) is 0 Å². The summed E-state index contributed by atoms with van der Waals surface area (Å²) in [6.07, 6.45) is 3.14. The van der Waals surface area contributed by atoms with E-state index in [1.165, 1.54) is 0 Å². The molecular formula is C16H20ClN3O2. The maximum Gasteiger partial charge on any atom is 0.231 e. The van der Waals surface area contributed by atoms with E-state index in [1.54, 1.807) is 0 Å². The van der Waals surface area contributed by atoms with Gasteiger partial charge in [-0.2, -0.15) is 4.98 Å². The van der Waals surface area contributed by atoms with Crippen LogP contribution >= 0.6 is 11.6 Å². The zero-order chi connectivity index (χ0) is 15.4. The number of nitrogens with zero attached hydrogens (tertiary/aromatic N) is 2. The number of hydrogen-bond donors (Lipinski definition) is 1. The molecule has 2 heterocycles. The van der Waals surface area contributed by atoms with Gasteiger partial charge in [-0.05, 0) is 44.0 Å². The van der Waals surface area contributed by atoms with Gasteiger partial charge in [-0.15, -0.1) is 0 Å². The predicted octanol–water partition coefficient (Wildman–Crippen LogP) is 3.65. The summed E-state index contributed by atoms with van der Waals surface area (Å²) >= 11 is 6.10. The molecule has 0 aliphatic carbocycles. The third kappa shape index (κ3) is 3.42. The molecule has 1 aliphatic rings. The molecule has 0 amide bonds. The average Bonchev–Trinajstić information content (AvgIpc) is 3.04. The van der Waals surface area contributed by atoms with Crippen LogP contribution in [0.1, 0.15) is 38.0 Å². The fraction of sp³-hybridized carbons (Fsp3) is 0.500. The van der Waals surface area contributed by atoms with E-state index in [0.717, 1.165) is 43.7 Å². The van der Waals surface area contributed by atoms with Crippen LogP contribution in [0, 0.1) is 0 Å². The van der Waals surface area contributed by atoms with Crippen molar-refractivity contribution in [1.29, 1.82) is 0 Å². The fourth-order valence-corrected chi connectivity index (χ4v) is 2.76. The van der Waals surface area contributed by atoms with Gasteiger partial charge in [0.2, 0.25) is 11.7 Å². The summed E-state index contributed by atoms with van der Waals surface area (Å²) in [6.45, 7) is 4.65. The molecule has 1 saturated heterocycles. The van der Waals surface area contributed by atoms with Gasteiger partial charge in [-0.1, -0.05) is 23.7 Å². The Morgan fingerprint density at radius 2 is 2.36 bits per heavy atom. The van der Waals surface area contributed by atoms with Crippen LogP contribution in [0.15, 0.2) is 22.7 Å². The lowest BCUT2D eigenvalue weighted by atomic mass is 10.00. The SMILES string of the molecule is CCCOc1ccc(Cl)cc1-c1noc(C2CCCNC2)n1. The minimum atomic E-state index is 0.286. The van der Waals surface area contributed by atoms with Crippen LogP contribution in [0.5, 0.6) is 5.75 Å². The van der Waals surface area contributed by atoms with Gasteiger partial charge in [0, 0.05) is 11.6 Å². The summed E-state index contributed by atoms with van der Waals surface area (Å²) in [7, 11) is 0. The monoisotopic (exact) mass is 321 g/mol. The van der Waals surface area contributed by atoms with Crippen molar-refractivity contribution in [2.75, 3.05) is 19.7 Å². The minimum Gasteiger partial charge on any atom is -0.493 e. The highest BCUT2D eigenvalue weighted by Crippen LogP contribution is 2.32. The second-order valence-electron chi connectivity index (χ2n) is 5.49. The lowest BCUT2D eigenvalue weighted by Gasteiger charge is -2.18. The van der Waals surface area contributed by atoms with E-state index in [2.05, 4.69) is 22.4 Å². The number of aromatic nitrogens is 2. The van der Waals surface area contributed by atoms with Crippen LogP contribution in [0.25, 0.3) is 11.4 Å². The van der Waals surface area contributed by atoms with Crippen molar-refractivity contribution in [1.82, 2.24) is 15.5 Å². The van der Waals surface area contributed by atoms with Gasteiger partial charge in [0.25, 0.3) is 0 Å². The molecule has 6 heteroatoms. The van der Waals surface area contributed by atoms with Gasteiger partial charge >= 0.3 is 0 Å². The van der Waals surface area contributed by atoms with Crippen molar-refractivity contribution in [2.24, 2.45) is 0 Å². The number of rotatable bonds is 5. The molecule has 1 aromatic heterocycles. The molecule has 1 N–H and O–H groups in total. The number of halogens is 1. The Labute approximate surface area is 135 Å². The van der Waals surface area contributed by atoms with E-state index in [1.807, 2.05) is 18.2 Å². The number of nitrogens with one attached hydrogen (secondary N) is 1. The fourth-order valence-electron chi connectivity index (χ4n) is 2.59. The van der Waals surface area contributed by atoms with Crippen LogP contribution in [-0.2, 0) is 0 Å². The molecule has 5 nitrogen and oxygen atoms in total. The highest BCUT2D eigenvalue weighted by molar-refractivity contribution is 6.30. The molecule has 0 spiro atoms. The number of benzene rings is 1. The highest BCUT2D eigenvalue weighted by atomic mass is 35.5. The van der Waals surface area contributed by atoms with Crippen molar-refractivity contribution < 1.29 is 9.26 Å². The Hall–Kier alpha value is -1.59. The molecule has 0 radical (unpaired) electrons. The zero-order valence-corrected chi connectivity index (χ0v) is 13.4. The lowest BCUT2D eigenvalue weighted by Crippen LogP contribution is -2.28. The normalized spacial score (nSPS) is 18.4. The molecule has 0 saturated carbocycles. The van der Waals surface area contributed by atoms with Gasteiger partial charge in [0.05, 0.1) is 18.1 Å². The molecule has 3 rings (SSSR count). The van der Waals surface area contributed by atoms with Crippen LogP contribution < -0.4 is 10.1 Å². The summed E-state index contributed by atoms with van der Waals surface area (Å²) in [5, 5.41) is 8.11. The first kappa shape index (κ1) is 15.3. The van der Waals surface area contributed by atoms with Gasteiger partial charge in [-0.3, -0.25) is 0 Å². The molecule has 2 aromatic rings. The lowest BCUT2D eigenvalue weighted by molar-refractivity contribution is 0.316. The molecule has 1 aromatic carbocycles. The van der Waals surface area contributed by atoms with Crippen molar-refractivity contribution in [2.45, 2.75) is 32.1 Å². The van der Waals surface area contributed by atoms with Crippen LogP contribution in [0.3, 0.4) is 0 Å². The Balaban J connectivity index is 1.86. The molecule has 22 heavy (non-hydrogen) atoms. The molecule has 0 bridgehead atoms. The second kappa shape index (κ2) is 7.11. The van der Waals surface area contributed by atoms with Gasteiger partial charge < -0.3 is 14.6 Å². The van der Waals surface area contributed by atoms with E-state index in [-0.39, 0.29) is 5.92 Å². The first-order valence-corrected chi connectivity index (χ1v) is 8.12. The number of hydrogen-bond acceptors (Lipinski definition) is 5. The maximum atomic E-state index is 6.10. The largest absolute Gasteiger partial charge is 0.493 e. The van der Waals surface area contributed by atoms with Gasteiger partial charge in [-0.25, -0.2) is 0 Å². The average molecular weight is 322 g/mol. The van der Waals surface area contributed by atoms with E-state index in [0.29, 0.717) is 23.3 Å². The Morgan fingerprint density at radius 3 is 3.14 bits per heavy atom. The van der Waals surface area contributed by atoms with Gasteiger partial charge in [0.1, 0.15) is 5.75 Å². The standard InChI is InChI=1S/C16H20ClN3O2/c1-2-8-21-14-6-5-12(17)9-13(14)15-19-16(22-20-15)11-4-3-7-18-10-11/h5-6,9,11,18H,2-4,7-8,10H2,1H3. The summed E-state index contributed by atoms with van der Waals surface area (Å²) in [5.41, 5.74) is 0.778. The minimum absolute atomic E-state index is 0.286. The second-order valence-corrected chi connectivity index (χ2v) is 5.92. The van der Waals surface area contributed by atoms with Crippen molar-refractivity contribution in [3.05, 3.63) is 29.1 Å². The first-order chi connectivity index (χ1) is 10.8. The van der Waals surface area contributed by atoms with E-state index < -0.39 is 0 Å². The summed E-state index contributed by atoms with van der Waals surface area (Å²) in [5.74, 6) is 2.24. The van der Waals surface area contributed by atoms with Crippen molar-refractivity contribution >= 4 is 11.6 Å². The van der Waals surface area contributed by atoms with E-state index in [9.17, 15) is 0 Å². The number of ether oxygens (including phenoxy) is 1. The zero-order valence-electron chi connectivity index (χ0n) is 12.6. The number of piperidine rings is 1. The predicted molar refractivity (Wildman–Crippen MR) is 85.4 cm³/mol. The third-order valence-corrected chi connectivity index (χ3v) is 3.97. The Bertz CT molecular complexity index is 624. The highest BCUT2D eigenvalue weighted by Gasteiger charge is 2.22. The van der Waals surface area contributed by atoms with Crippen molar-refractivity contribution in [3.8, 4) is 17.1 Å². The quantitative estimate of drug-likeness (QED) is 0.911. The summed E-state index contributed by atoms with van der Waals surface area (Å²) < 4.78 is 11.2. The molecule has 1 atom stereocenters. The Kier molecular flexibility index (Phi) is 4.95. The van der Waals surface area contributed by atoms with Crippen LogP contribution in [-0.4, -0.2) is 29.8 Å². The topological polar surface area (TPSA) is 60.2 Å². The molecular weight excluding hydrogens is 302 g/mol. The smallest absolute Gasteiger partial charge is 0.231 e. The summed E-state index contributed by atoms with van der Waals surface area (Å²) in [6, 6.07) is 5.48.